The number of hydrogen-bond donors (Lipinski definition) is 0. The molecule has 0 N–H and O–H groups in total. The van der Waals surface area contributed by atoms with Crippen LogP contribution in [0.1, 0.15) is 5.01 Å². The molecule has 7 heavy (non-hydrogen) atoms. The molecule has 0 fully saturated rings. The Morgan fingerprint density at radius 3 is 3.00 bits per heavy atom. The predicted molar refractivity (Wildman–Crippen MR) is 24.3 cm³/mol. The van der Waals surface area contributed by atoms with Crippen LogP contribution >= 0.6 is 11.3 Å². The van der Waals surface area contributed by atoms with Crippen LogP contribution < -0.4 is 0 Å². The summed E-state index contributed by atoms with van der Waals surface area (Å²) < 4.78 is 0. The smallest absolute Gasteiger partial charge is 0.146 e. The maximum absolute atomic E-state index is 9.90. The Kier molecular flexibility index (Phi) is 1.33. The third-order valence-electron chi connectivity index (χ3n) is 0.529. The summed E-state index contributed by atoms with van der Waals surface area (Å²) in [4.78, 5) is 0. The van der Waals surface area contributed by atoms with Crippen molar-refractivity contribution in [1.29, 1.82) is 0 Å². The van der Waals surface area contributed by atoms with E-state index in [0.29, 0.717) is 5.01 Å². The highest BCUT2D eigenvalue weighted by molar-refractivity contribution is 7.09. The summed E-state index contributed by atoms with van der Waals surface area (Å²) in [5.41, 5.74) is 1.55. The fourth-order valence-corrected chi connectivity index (χ4v) is 0.637. The molecule has 0 saturated carbocycles. The van der Waals surface area contributed by atoms with Crippen molar-refractivity contribution in [2.75, 3.05) is 0 Å². The van der Waals surface area contributed by atoms with E-state index in [1.54, 1.807) is 5.51 Å². The second-order valence-corrected chi connectivity index (χ2v) is 1.89. The van der Waals surface area contributed by atoms with Gasteiger partial charge in [0.2, 0.25) is 0 Å². The summed E-state index contributed by atoms with van der Waals surface area (Å²) in [6.07, 6.45) is 0. The maximum Gasteiger partial charge on any atom is 0.146 e. The monoisotopic (exact) mass is 115 g/mol. The minimum absolute atomic E-state index is 0.245. The largest absolute Gasteiger partial charge is 0.229 e. The highest BCUT2D eigenvalue weighted by atomic mass is 32.1. The van der Waals surface area contributed by atoms with Crippen molar-refractivity contribution >= 4 is 11.3 Å². The molecule has 0 unspecified atom stereocenters. The summed E-state index contributed by atoms with van der Waals surface area (Å²) in [6, 6.07) is 0. The van der Waals surface area contributed by atoms with Gasteiger partial charge < -0.3 is 0 Å². The van der Waals surface area contributed by atoms with E-state index < -0.39 is 0 Å². The molecule has 0 aliphatic rings. The van der Waals surface area contributed by atoms with Crippen LogP contribution in [0.5, 0.6) is 0 Å². The van der Waals surface area contributed by atoms with Crippen LogP contribution in [0, 0.1) is 0 Å². The van der Waals surface area contributed by atoms with Crippen LogP contribution in [0.2, 0.25) is 0 Å². The number of aromatic nitrogens is 2. The zero-order chi connectivity index (χ0) is 5.11. The van der Waals surface area contributed by atoms with Gasteiger partial charge in [0.25, 0.3) is 0 Å². The van der Waals surface area contributed by atoms with Gasteiger partial charge in [-0.1, -0.05) is 0 Å². The molecular formula is C3H3N2OS. The summed E-state index contributed by atoms with van der Waals surface area (Å²) in [6.45, 7) is -0.245. The Labute approximate surface area is 44.6 Å². The van der Waals surface area contributed by atoms with E-state index in [1.807, 2.05) is 0 Å². The molecule has 1 heterocycles. The van der Waals surface area contributed by atoms with Gasteiger partial charge in [-0.05, 0) is 0 Å². The van der Waals surface area contributed by atoms with Crippen molar-refractivity contribution in [3.8, 4) is 0 Å². The first-order chi connectivity index (χ1) is 3.43. The van der Waals surface area contributed by atoms with Crippen molar-refractivity contribution in [3.05, 3.63) is 10.5 Å². The van der Waals surface area contributed by atoms with Gasteiger partial charge in [-0.25, -0.2) is 5.11 Å². The van der Waals surface area contributed by atoms with E-state index in [-0.39, 0.29) is 6.61 Å². The highest BCUT2D eigenvalue weighted by Gasteiger charge is 1.89. The lowest BCUT2D eigenvalue weighted by Crippen LogP contribution is -1.76. The molecule has 4 heteroatoms. The van der Waals surface area contributed by atoms with Crippen molar-refractivity contribution in [3.63, 3.8) is 0 Å². The summed E-state index contributed by atoms with van der Waals surface area (Å²) in [7, 11) is 0. The van der Waals surface area contributed by atoms with Gasteiger partial charge in [0.05, 0.1) is 0 Å². The molecular weight excluding hydrogens is 112 g/mol. The van der Waals surface area contributed by atoms with Crippen molar-refractivity contribution in [2.45, 2.75) is 6.61 Å². The van der Waals surface area contributed by atoms with E-state index in [9.17, 15) is 5.11 Å². The van der Waals surface area contributed by atoms with Gasteiger partial charge in [-0.2, -0.15) is 0 Å². The van der Waals surface area contributed by atoms with Crippen molar-refractivity contribution in [2.24, 2.45) is 0 Å². The van der Waals surface area contributed by atoms with Crippen LogP contribution in [0.3, 0.4) is 0 Å². The van der Waals surface area contributed by atoms with E-state index in [4.69, 9.17) is 0 Å². The lowest BCUT2D eigenvalue weighted by Gasteiger charge is -1.71. The highest BCUT2D eigenvalue weighted by Crippen LogP contribution is 1.98. The molecule has 0 atom stereocenters. The second-order valence-electron chi connectivity index (χ2n) is 0.977. The Bertz CT molecular complexity index is 127. The van der Waals surface area contributed by atoms with Crippen LogP contribution in [0.4, 0.5) is 0 Å². The number of nitrogens with zero attached hydrogens (tertiary/aromatic N) is 2. The quantitative estimate of drug-likeness (QED) is 0.534. The maximum atomic E-state index is 9.90. The average molecular weight is 115 g/mol. The van der Waals surface area contributed by atoms with Gasteiger partial charge in [-0.15, -0.1) is 21.5 Å². The Morgan fingerprint density at radius 1 is 1.86 bits per heavy atom. The molecule has 1 aromatic rings. The predicted octanol–water partition coefficient (Wildman–Crippen LogP) is 0.469. The van der Waals surface area contributed by atoms with E-state index in [2.05, 4.69) is 10.2 Å². The van der Waals surface area contributed by atoms with E-state index >= 15 is 0 Å². The van der Waals surface area contributed by atoms with Crippen LogP contribution in [-0.4, -0.2) is 10.2 Å². The number of rotatable bonds is 1. The minimum atomic E-state index is -0.245. The summed E-state index contributed by atoms with van der Waals surface area (Å²) in [5, 5.41) is 17.4. The third kappa shape index (κ3) is 0.942. The van der Waals surface area contributed by atoms with E-state index in [1.165, 1.54) is 11.3 Å². The van der Waals surface area contributed by atoms with Gasteiger partial charge in [-0.3, -0.25) is 0 Å². The van der Waals surface area contributed by atoms with Gasteiger partial charge in [0, 0.05) is 0 Å². The standard InChI is InChI=1S/C3H3N2OS/c6-1-3-5-4-2-7-3/h2H,1H2. The first-order valence-electron chi connectivity index (χ1n) is 1.76. The zero-order valence-electron chi connectivity index (χ0n) is 3.50. The third-order valence-corrected chi connectivity index (χ3v) is 1.20. The lowest BCUT2D eigenvalue weighted by atomic mass is 10.8. The molecule has 0 bridgehead atoms. The first kappa shape index (κ1) is 4.67. The van der Waals surface area contributed by atoms with Gasteiger partial charge in [0.15, 0.2) is 0 Å². The molecule has 0 aliphatic heterocycles. The van der Waals surface area contributed by atoms with Crippen LogP contribution in [0.25, 0.3) is 0 Å². The molecule has 3 nitrogen and oxygen atoms in total. The van der Waals surface area contributed by atoms with Crippen LogP contribution in [0.15, 0.2) is 5.51 Å². The Morgan fingerprint density at radius 2 is 2.71 bits per heavy atom. The lowest BCUT2D eigenvalue weighted by molar-refractivity contribution is 0.176. The molecule has 0 aromatic carbocycles. The average Bonchev–Trinajstić information content (AvgIpc) is 2.14. The molecule has 0 spiro atoms. The Hall–Kier alpha value is -0.480. The minimum Gasteiger partial charge on any atom is -0.229 e. The number of hydrogen-bond acceptors (Lipinski definition) is 3. The fraction of sp³-hybridized carbons (Fsp3) is 0.333. The fourth-order valence-electron chi connectivity index (χ4n) is 0.259. The van der Waals surface area contributed by atoms with Gasteiger partial charge in [0.1, 0.15) is 17.1 Å². The van der Waals surface area contributed by atoms with Crippen LogP contribution in [-0.2, 0) is 11.7 Å². The Balaban J connectivity index is 2.76. The molecule has 0 amide bonds. The molecule has 1 aromatic heterocycles. The summed E-state index contributed by atoms with van der Waals surface area (Å²) >= 11 is 1.29. The SMILES string of the molecule is [O]Cc1nncs1. The molecule has 37 valence electrons. The topological polar surface area (TPSA) is 45.7 Å². The zero-order valence-corrected chi connectivity index (χ0v) is 4.31. The normalized spacial score (nSPS) is 9.29. The van der Waals surface area contributed by atoms with Crippen molar-refractivity contribution in [1.82, 2.24) is 10.2 Å². The summed E-state index contributed by atoms with van der Waals surface area (Å²) in [5.74, 6) is 0. The molecule has 1 radical (unpaired) electrons. The molecule has 1 rings (SSSR count). The molecule has 0 aliphatic carbocycles. The molecule has 0 saturated heterocycles. The van der Waals surface area contributed by atoms with E-state index in [0.717, 1.165) is 0 Å². The van der Waals surface area contributed by atoms with Crippen molar-refractivity contribution < 1.29 is 5.11 Å². The first-order valence-corrected chi connectivity index (χ1v) is 2.64. The second kappa shape index (κ2) is 1.99. The van der Waals surface area contributed by atoms with Gasteiger partial charge >= 0.3 is 0 Å².